The molecule has 2 aliphatic heterocycles. The van der Waals surface area contributed by atoms with Gasteiger partial charge in [0.05, 0.1) is 34.9 Å². The van der Waals surface area contributed by atoms with E-state index in [4.69, 9.17) is 4.42 Å². The minimum atomic E-state index is -3.03. The number of rotatable bonds is 5. The Hall–Kier alpha value is -1.97. The molecular formula is C18H21N3O4S2. The van der Waals surface area contributed by atoms with Gasteiger partial charge in [0, 0.05) is 12.0 Å². The van der Waals surface area contributed by atoms with E-state index in [1.54, 1.807) is 23.7 Å². The predicted octanol–water partition coefficient (Wildman–Crippen LogP) is 2.19. The number of nitrogens with zero attached hydrogens (tertiary/aromatic N) is 2. The van der Waals surface area contributed by atoms with Crippen molar-refractivity contribution in [3.05, 3.63) is 46.5 Å². The van der Waals surface area contributed by atoms with E-state index in [0.29, 0.717) is 18.6 Å². The number of furan rings is 1. The number of hydrogen-bond donors (Lipinski definition) is 1. The second-order valence-corrected chi connectivity index (χ2v) is 10.4. The van der Waals surface area contributed by atoms with Gasteiger partial charge in [-0.3, -0.25) is 4.79 Å². The van der Waals surface area contributed by atoms with Crippen LogP contribution in [-0.2, 0) is 14.6 Å². The molecule has 0 radical (unpaired) electrons. The summed E-state index contributed by atoms with van der Waals surface area (Å²) >= 11 is 1.58. The molecule has 7 nitrogen and oxygen atoms in total. The van der Waals surface area contributed by atoms with Gasteiger partial charge >= 0.3 is 0 Å². The van der Waals surface area contributed by atoms with Crippen LogP contribution in [-0.4, -0.2) is 48.6 Å². The van der Waals surface area contributed by atoms with E-state index < -0.39 is 15.4 Å². The van der Waals surface area contributed by atoms with Crippen LogP contribution in [0.25, 0.3) is 0 Å². The molecule has 4 rings (SSSR count). The Kier molecular flexibility index (Phi) is 4.69. The first-order valence-electron chi connectivity index (χ1n) is 8.78. The standard InChI is InChI=1S/C18H21N3O4S2/c1-18(6-9-27(23,24)12-18)19-11-17(22)21-14(15-4-2-7-25-15)10-13(20-21)16-5-3-8-26-16/h2-5,7-8,14,19H,6,9-12H2,1H3. The average molecular weight is 408 g/mol. The van der Waals surface area contributed by atoms with Crippen LogP contribution in [0.15, 0.2) is 45.4 Å². The van der Waals surface area contributed by atoms with Crippen LogP contribution in [0, 0.1) is 0 Å². The molecule has 1 fully saturated rings. The number of carbonyl (C=O) groups is 1. The van der Waals surface area contributed by atoms with Crippen molar-refractivity contribution in [2.75, 3.05) is 18.1 Å². The van der Waals surface area contributed by atoms with Crippen LogP contribution in [0.5, 0.6) is 0 Å². The molecule has 1 amide bonds. The highest BCUT2D eigenvalue weighted by Crippen LogP contribution is 2.34. The molecule has 4 heterocycles. The first-order chi connectivity index (χ1) is 12.9. The van der Waals surface area contributed by atoms with Crippen LogP contribution in [0.3, 0.4) is 0 Å². The summed E-state index contributed by atoms with van der Waals surface area (Å²) in [6.45, 7) is 1.88. The van der Waals surface area contributed by atoms with Crippen molar-refractivity contribution >= 4 is 32.8 Å². The maximum absolute atomic E-state index is 12.9. The summed E-state index contributed by atoms with van der Waals surface area (Å²) in [5, 5.41) is 11.1. The van der Waals surface area contributed by atoms with Crippen molar-refractivity contribution in [2.24, 2.45) is 5.10 Å². The number of hydrogen-bond acceptors (Lipinski definition) is 7. The van der Waals surface area contributed by atoms with Crippen molar-refractivity contribution < 1.29 is 17.6 Å². The maximum Gasteiger partial charge on any atom is 0.257 e. The Balaban J connectivity index is 1.51. The van der Waals surface area contributed by atoms with Gasteiger partial charge in [0.25, 0.3) is 5.91 Å². The Bertz CT molecular complexity index is 951. The van der Waals surface area contributed by atoms with Crippen LogP contribution >= 0.6 is 11.3 Å². The van der Waals surface area contributed by atoms with Gasteiger partial charge in [0.2, 0.25) is 0 Å². The highest BCUT2D eigenvalue weighted by atomic mass is 32.2. The lowest BCUT2D eigenvalue weighted by Crippen LogP contribution is -2.48. The lowest BCUT2D eigenvalue weighted by molar-refractivity contribution is -0.132. The first kappa shape index (κ1) is 18.4. The number of sulfone groups is 1. The summed E-state index contributed by atoms with van der Waals surface area (Å²) in [7, 11) is -3.03. The molecule has 2 aromatic heterocycles. The molecule has 9 heteroatoms. The molecule has 0 bridgehead atoms. The molecule has 2 aliphatic rings. The molecule has 2 unspecified atom stereocenters. The molecule has 1 N–H and O–H groups in total. The normalized spacial score (nSPS) is 27.1. The van der Waals surface area contributed by atoms with Gasteiger partial charge in [-0.2, -0.15) is 5.10 Å². The fraction of sp³-hybridized carbons (Fsp3) is 0.444. The number of thiophene rings is 1. The second-order valence-electron chi connectivity index (χ2n) is 7.25. The van der Waals surface area contributed by atoms with Gasteiger partial charge in [-0.05, 0) is 36.9 Å². The second kappa shape index (κ2) is 6.88. The summed E-state index contributed by atoms with van der Waals surface area (Å²) in [6.07, 6.45) is 2.68. The molecule has 0 saturated carbocycles. The third-order valence-electron chi connectivity index (χ3n) is 5.01. The van der Waals surface area contributed by atoms with Crippen LogP contribution in [0.1, 0.15) is 36.4 Å². The van der Waals surface area contributed by atoms with E-state index in [1.165, 1.54) is 5.01 Å². The predicted molar refractivity (Wildman–Crippen MR) is 103 cm³/mol. The van der Waals surface area contributed by atoms with Crippen LogP contribution in [0.4, 0.5) is 0 Å². The monoisotopic (exact) mass is 407 g/mol. The lowest BCUT2D eigenvalue weighted by atomic mass is 10.0. The number of hydrazone groups is 1. The zero-order valence-corrected chi connectivity index (χ0v) is 16.6. The largest absolute Gasteiger partial charge is 0.467 e. The molecule has 1 saturated heterocycles. The van der Waals surface area contributed by atoms with E-state index in [9.17, 15) is 13.2 Å². The summed E-state index contributed by atoms with van der Waals surface area (Å²) in [4.78, 5) is 13.9. The quantitative estimate of drug-likeness (QED) is 0.820. The maximum atomic E-state index is 12.9. The average Bonchev–Trinajstić information content (AvgIpc) is 3.39. The number of nitrogens with one attached hydrogen (secondary N) is 1. The lowest BCUT2D eigenvalue weighted by Gasteiger charge is -2.26. The van der Waals surface area contributed by atoms with Crippen molar-refractivity contribution in [1.82, 2.24) is 10.3 Å². The number of amides is 1. The van der Waals surface area contributed by atoms with Crippen molar-refractivity contribution in [2.45, 2.75) is 31.3 Å². The minimum absolute atomic E-state index is 0.0322. The summed E-state index contributed by atoms with van der Waals surface area (Å²) in [6, 6.07) is 7.29. The van der Waals surface area contributed by atoms with E-state index >= 15 is 0 Å². The molecule has 0 aromatic carbocycles. The smallest absolute Gasteiger partial charge is 0.257 e. The Morgan fingerprint density at radius 2 is 2.30 bits per heavy atom. The summed E-state index contributed by atoms with van der Waals surface area (Å²) < 4.78 is 29.0. The fourth-order valence-electron chi connectivity index (χ4n) is 3.55. The van der Waals surface area contributed by atoms with Crippen molar-refractivity contribution in [1.29, 1.82) is 0 Å². The third-order valence-corrected chi connectivity index (χ3v) is 7.83. The van der Waals surface area contributed by atoms with Crippen LogP contribution in [0.2, 0.25) is 0 Å². The van der Waals surface area contributed by atoms with Crippen molar-refractivity contribution in [3.63, 3.8) is 0 Å². The van der Waals surface area contributed by atoms with E-state index in [0.717, 1.165) is 10.6 Å². The Morgan fingerprint density at radius 3 is 2.93 bits per heavy atom. The van der Waals surface area contributed by atoms with Gasteiger partial charge in [0.1, 0.15) is 11.8 Å². The van der Waals surface area contributed by atoms with E-state index in [1.807, 2.05) is 30.5 Å². The zero-order chi connectivity index (χ0) is 19.1. The van der Waals surface area contributed by atoms with Gasteiger partial charge in [-0.25, -0.2) is 13.4 Å². The van der Waals surface area contributed by atoms with Crippen LogP contribution < -0.4 is 5.32 Å². The van der Waals surface area contributed by atoms with E-state index in [-0.39, 0.29) is 30.0 Å². The van der Waals surface area contributed by atoms with Gasteiger partial charge < -0.3 is 9.73 Å². The highest BCUT2D eigenvalue weighted by Gasteiger charge is 2.40. The molecule has 0 spiro atoms. The molecular weight excluding hydrogens is 386 g/mol. The first-order valence-corrected chi connectivity index (χ1v) is 11.5. The molecule has 27 heavy (non-hydrogen) atoms. The number of carbonyl (C=O) groups excluding carboxylic acids is 1. The Labute approximate surface area is 162 Å². The SMILES string of the molecule is CC1(NCC(=O)N2N=C(c3cccs3)CC2c2ccco2)CCS(=O)(=O)C1. The van der Waals surface area contributed by atoms with E-state index in [2.05, 4.69) is 10.4 Å². The van der Waals surface area contributed by atoms with Gasteiger partial charge in [-0.15, -0.1) is 11.3 Å². The minimum Gasteiger partial charge on any atom is -0.467 e. The molecule has 2 aromatic rings. The summed E-state index contributed by atoms with van der Waals surface area (Å²) in [5.41, 5.74) is 0.281. The topological polar surface area (TPSA) is 92.0 Å². The third kappa shape index (κ3) is 3.85. The fourth-order valence-corrected chi connectivity index (χ4v) is 6.40. The molecule has 144 valence electrons. The molecule has 0 aliphatic carbocycles. The summed E-state index contributed by atoms with van der Waals surface area (Å²) in [5.74, 6) is 0.699. The molecule has 2 atom stereocenters. The van der Waals surface area contributed by atoms with Crippen molar-refractivity contribution in [3.8, 4) is 0 Å². The van der Waals surface area contributed by atoms with Gasteiger partial charge in [0.15, 0.2) is 9.84 Å². The highest BCUT2D eigenvalue weighted by molar-refractivity contribution is 7.91. The zero-order valence-electron chi connectivity index (χ0n) is 14.9. The Morgan fingerprint density at radius 1 is 1.44 bits per heavy atom. The van der Waals surface area contributed by atoms with Gasteiger partial charge in [-0.1, -0.05) is 6.07 Å².